The van der Waals surface area contributed by atoms with Crippen molar-refractivity contribution >= 4 is 11.6 Å². The molecule has 8 nitrogen and oxygen atoms in total. The Labute approximate surface area is 176 Å². The van der Waals surface area contributed by atoms with E-state index < -0.39 is 0 Å². The number of hydrogen-bond acceptors (Lipinski definition) is 5. The second-order valence-corrected chi connectivity index (χ2v) is 7.73. The van der Waals surface area contributed by atoms with Gasteiger partial charge in [-0.2, -0.15) is 10.2 Å². The fourth-order valence-electron chi connectivity index (χ4n) is 3.99. The molecule has 0 saturated carbocycles. The highest BCUT2D eigenvalue weighted by molar-refractivity contribution is 5.93. The molecule has 30 heavy (non-hydrogen) atoms. The van der Waals surface area contributed by atoms with Gasteiger partial charge in [0.05, 0.1) is 24.6 Å². The van der Waals surface area contributed by atoms with Crippen molar-refractivity contribution in [1.29, 1.82) is 0 Å². The number of nitrogens with zero attached hydrogens (tertiary/aromatic N) is 5. The van der Waals surface area contributed by atoms with Crippen molar-refractivity contribution in [3.8, 4) is 11.3 Å². The van der Waals surface area contributed by atoms with Gasteiger partial charge in [0.1, 0.15) is 5.69 Å². The maximum atomic E-state index is 13.1. The average Bonchev–Trinajstić information content (AvgIpc) is 3.32. The number of aromatic amines is 1. The number of nitrogens with one attached hydrogen (secondary N) is 1. The minimum atomic E-state index is -0.0928. The lowest BCUT2D eigenvalue weighted by molar-refractivity contribution is 0.0779. The summed E-state index contributed by atoms with van der Waals surface area (Å²) >= 11 is 0. The highest BCUT2D eigenvalue weighted by Crippen LogP contribution is 2.26. The minimum Gasteiger partial charge on any atom is -0.378 e. The Balaban J connectivity index is 1.52. The predicted molar refractivity (Wildman–Crippen MR) is 116 cm³/mol. The molecule has 1 aliphatic heterocycles. The van der Waals surface area contributed by atoms with Crippen LogP contribution in [0.3, 0.4) is 0 Å². The number of aromatic nitrogens is 4. The number of H-pyrrole nitrogens is 1. The Morgan fingerprint density at radius 2 is 1.97 bits per heavy atom. The van der Waals surface area contributed by atoms with E-state index in [9.17, 15) is 4.79 Å². The molecule has 1 N–H and O–H groups in total. The van der Waals surface area contributed by atoms with Gasteiger partial charge in [0.15, 0.2) is 0 Å². The number of para-hydroxylation sites is 1. The molecule has 3 heterocycles. The van der Waals surface area contributed by atoms with Crippen molar-refractivity contribution in [1.82, 2.24) is 24.9 Å². The van der Waals surface area contributed by atoms with E-state index in [4.69, 9.17) is 4.74 Å². The quantitative estimate of drug-likeness (QED) is 0.702. The van der Waals surface area contributed by atoms with E-state index in [1.54, 1.807) is 4.90 Å². The number of anilines is 1. The van der Waals surface area contributed by atoms with Crippen LogP contribution in [0.5, 0.6) is 0 Å². The van der Waals surface area contributed by atoms with Crippen molar-refractivity contribution in [2.75, 3.05) is 38.3 Å². The zero-order chi connectivity index (χ0) is 21.3. The van der Waals surface area contributed by atoms with Gasteiger partial charge in [-0.25, -0.2) is 0 Å². The summed E-state index contributed by atoms with van der Waals surface area (Å²) in [6.07, 6.45) is 0. The number of carbonyl (C=O) groups excluding carboxylic acids is 1. The molecule has 158 valence electrons. The van der Waals surface area contributed by atoms with Gasteiger partial charge >= 0.3 is 0 Å². The Hall–Kier alpha value is -3.13. The summed E-state index contributed by atoms with van der Waals surface area (Å²) in [4.78, 5) is 17.1. The van der Waals surface area contributed by atoms with E-state index in [0.717, 1.165) is 60.2 Å². The molecule has 3 aromatic rings. The summed E-state index contributed by atoms with van der Waals surface area (Å²) < 4.78 is 7.30. The first-order chi connectivity index (χ1) is 14.5. The summed E-state index contributed by atoms with van der Waals surface area (Å²) in [6, 6.07) is 10.1. The molecule has 0 radical (unpaired) electrons. The van der Waals surface area contributed by atoms with E-state index in [2.05, 4.69) is 32.3 Å². The third kappa shape index (κ3) is 3.82. The lowest BCUT2D eigenvalue weighted by atomic mass is 10.1. The van der Waals surface area contributed by atoms with Crippen LogP contribution in [0, 0.1) is 13.8 Å². The largest absolute Gasteiger partial charge is 0.378 e. The van der Waals surface area contributed by atoms with Gasteiger partial charge in [0.2, 0.25) is 0 Å². The van der Waals surface area contributed by atoms with E-state index in [1.165, 1.54) is 0 Å². The van der Waals surface area contributed by atoms with Gasteiger partial charge in [-0.3, -0.25) is 14.6 Å². The number of benzene rings is 1. The Morgan fingerprint density at radius 1 is 1.23 bits per heavy atom. The van der Waals surface area contributed by atoms with Crippen molar-refractivity contribution < 1.29 is 9.53 Å². The third-order valence-electron chi connectivity index (χ3n) is 5.67. The number of hydrogen-bond donors (Lipinski definition) is 1. The van der Waals surface area contributed by atoms with Crippen LogP contribution in [-0.4, -0.2) is 64.1 Å². The molecule has 0 aliphatic carbocycles. The van der Waals surface area contributed by atoms with Crippen LogP contribution >= 0.6 is 0 Å². The van der Waals surface area contributed by atoms with Gasteiger partial charge in [-0.1, -0.05) is 18.2 Å². The van der Waals surface area contributed by atoms with Crippen molar-refractivity contribution in [2.24, 2.45) is 7.05 Å². The molecule has 1 saturated heterocycles. The second kappa shape index (κ2) is 8.31. The lowest BCUT2D eigenvalue weighted by Gasteiger charge is -2.31. The van der Waals surface area contributed by atoms with Gasteiger partial charge in [0.25, 0.3) is 5.91 Å². The molecule has 1 fully saturated rings. The number of amides is 1. The van der Waals surface area contributed by atoms with Crippen LogP contribution < -0.4 is 4.90 Å². The van der Waals surface area contributed by atoms with Crippen LogP contribution in [0.25, 0.3) is 11.3 Å². The number of morpholine rings is 1. The van der Waals surface area contributed by atoms with Crippen LogP contribution in [0.4, 0.5) is 5.69 Å². The molecule has 0 atom stereocenters. The summed E-state index contributed by atoms with van der Waals surface area (Å²) in [5.74, 6) is -0.0928. The molecule has 2 aromatic heterocycles. The first-order valence-electron chi connectivity index (χ1n) is 10.2. The van der Waals surface area contributed by atoms with Crippen molar-refractivity contribution in [2.45, 2.75) is 20.4 Å². The molecule has 0 spiro atoms. The van der Waals surface area contributed by atoms with Crippen molar-refractivity contribution in [3.05, 3.63) is 53.0 Å². The number of aryl methyl sites for hydroxylation is 2. The standard InChI is InChI=1S/C22H28N6O2/c1-15-21(16(2)27(4)25-15)18-13-19(24-23-18)22(29)26(3)14-17-7-5-6-8-20(17)28-9-11-30-12-10-28/h5-8,13H,9-12,14H2,1-4H3,(H,23,24). The Bertz CT molecular complexity index is 1050. The molecule has 1 aromatic carbocycles. The lowest BCUT2D eigenvalue weighted by Crippen LogP contribution is -2.37. The molecule has 1 aliphatic rings. The van der Waals surface area contributed by atoms with E-state index in [-0.39, 0.29) is 5.91 Å². The number of carbonyl (C=O) groups is 1. The highest BCUT2D eigenvalue weighted by atomic mass is 16.5. The highest BCUT2D eigenvalue weighted by Gasteiger charge is 2.21. The van der Waals surface area contributed by atoms with Crippen LogP contribution in [0.15, 0.2) is 30.3 Å². The molecule has 8 heteroatoms. The topological polar surface area (TPSA) is 79.3 Å². The molecule has 4 rings (SSSR count). The van der Waals surface area contributed by atoms with E-state index >= 15 is 0 Å². The number of ether oxygens (including phenoxy) is 1. The summed E-state index contributed by atoms with van der Waals surface area (Å²) in [6.45, 7) is 7.66. The first kappa shape index (κ1) is 20.2. The maximum Gasteiger partial charge on any atom is 0.271 e. The van der Waals surface area contributed by atoms with Crippen molar-refractivity contribution in [3.63, 3.8) is 0 Å². The zero-order valence-electron chi connectivity index (χ0n) is 18.0. The van der Waals surface area contributed by atoms with Gasteiger partial charge in [0, 0.05) is 50.7 Å². The summed E-state index contributed by atoms with van der Waals surface area (Å²) in [7, 11) is 3.73. The molecule has 1 amide bonds. The normalized spacial score (nSPS) is 14.2. The van der Waals surface area contributed by atoms with Crippen LogP contribution in [0.2, 0.25) is 0 Å². The fourth-order valence-corrected chi connectivity index (χ4v) is 3.99. The number of rotatable bonds is 5. The Morgan fingerprint density at radius 3 is 2.67 bits per heavy atom. The SMILES string of the molecule is Cc1nn(C)c(C)c1-c1cc(C(=O)N(C)Cc2ccccc2N2CCOCC2)[nH]n1. The Kier molecular flexibility index (Phi) is 5.59. The van der Waals surface area contributed by atoms with Gasteiger partial charge < -0.3 is 14.5 Å². The summed E-state index contributed by atoms with van der Waals surface area (Å²) in [5, 5.41) is 11.7. The smallest absolute Gasteiger partial charge is 0.271 e. The first-order valence-corrected chi connectivity index (χ1v) is 10.2. The predicted octanol–water partition coefficient (Wildman–Crippen LogP) is 2.54. The third-order valence-corrected chi connectivity index (χ3v) is 5.67. The summed E-state index contributed by atoms with van der Waals surface area (Å²) in [5.41, 5.74) is 6.37. The van der Waals surface area contributed by atoms with E-state index in [1.807, 2.05) is 50.8 Å². The van der Waals surface area contributed by atoms with Gasteiger partial charge in [-0.15, -0.1) is 0 Å². The van der Waals surface area contributed by atoms with Crippen LogP contribution in [-0.2, 0) is 18.3 Å². The molecule has 0 unspecified atom stereocenters. The molecular weight excluding hydrogens is 380 g/mol. The second-order valence-electron chi connectivity index (χ2n) is 7.73. The zero-order valence-corrected chi connectivity index (χ0v) is 18.0. The van der Waals surface area contributed by atoms with Gasteiger partial charge in [-0.05, 0) is 31.5 Å². The maximum absolute atomic E-state index is 13.1. The van der Waals surface area contributed by atoms with E-state index in [0.29, 0.717) is 12.2 Å². The molecule has 0 bridgehead atoms. The average molecular weight is 409 g/mol. The van der Waals surface area contributed by atoms with Crippen LogP contribution in [0.1, 0.15) is 27.4 Å². The minimum absolute atomic E-state index is 0.0928. The monoisotopic (exact) mass is 408 g/mol. The molecular formula is C22H28N6O2. The fraction of sp³-hybridized carbons (Fsp3) is 0.409.